The van der Waals surface area contributed by atoms with E-state index in [1.807, 2.05) is 6.92 Å². The Hall–Kier alpha value is -3.46. The Morgan fingerprint density at radius 2 is 1.97 bits per heavy atom. The van der Waals surface area contributed by atoms with Crippen molar-refractivity contribution in [1.82, 2.24) is 15.2 Å². The van der Waals surface area contributed by atoms with Crippen molar-refractivity contribution in [3.05, 3.63) is 64.5 Å². The highest BCUT2D eigenvalue weighted by Crippen LogP contribution is 2.35. The number of carbonyl (C=O) groups is 2. The van der Waals surface area contributed by atoms with E-state index in [0.717, 1.165) is 17.8 Å². The van der Waals surface area contributed by atoms with Gasteiger partial charge in [0, 0.05) is 19.6 Å². The maximum atomic E-state index is 13.9. The molecule has 1 saturated carbocycles. The van der Waals surface area contributed by atoms with Gasteiger partial charge in [-0.3, -0.25) is 9.59 Å². The van der Waals surface area contributed by atoms with Gasteiger partial charge in [-0.05, 0) is 55.5 Å². The van der Waals surface area contributed by atoms with Crippen LogP contribution in [0.25, 0.3) is 10.4 Å². The highest BCUT2D eigenvalue weighted by Gasteiger charge is 2.30. The number of hydrogen-bond acceptors (Lipinski definition) is 6. The van der Waals surface area contributed by atoms with Crippen LogP contribution in [0, 0.1) is 18.7 Å². The number of ether oxygens (including phenoxy) is 2. The average Bonchev–Trinajstić information content (AvgIpc) is 3.60. The third-order valence-corrected chi connectivity index (χ3v) is 6.98. The van der Waals surface area contributed by atoms with E-state index >= 15 is 0 Å². The lowest BCUT2D eigenvalue weighted by Gasteiger charge is -2.23. The van der Waals surface area contributed by atoms with Crippen LogP contribution in [-0.4, -0.2) is 54.5 Å². The predicted molar refractivity (Wildman–Crippen MR) is 131 cm³/mol. The monoisotopic (exact) mass is 495 g/mol. The lowest BCUT2D eigenvalue weighted by molar-refractivity contribution is 0.0736. The molecule has 5 rings (SSSR count). The van der Waals surface area contributed by atoms with E-state index in [1.54, 1.807) is 35.2 Å². The zero-order valence-electron chi connectivity index (χ0n) is 19.4. The first-order valence-electron chi connectivity index (χ1n) is 11.7. The van der Waals surface area contributed by atoms with E-state index < -0.39 is 0 Å². The van der Waals surface area contributed by atoms with Crippen LogP contribution in [0.5, 0.6) is 11.5 Å². The van der Waals surface area contributed by atoms with Crippen LogP contribution >= 0.6 is 11.3 Å². The molecule has 1 fully saturated rings. The number of carbonyl (C=O) groups excluding carboxylic acids is 2. The van der Waals surface area contributed by atoms with Gasteiger partial charge in [-0.25, -0.2) is 9.37 Å². The minimum Gasteiger partial charge on any atom is -0.486 e. The molecule has 0 radical (unpaired) electrons. The predicted octanol–water partition coefficient (Wildman–Crippen LogP) is 4.31. The smallest absolute Gasteiger partial charge is 0.274 e. The fraction of sp³-hybridized carbons (Fsp3) is 0.346. The van der Waals surface area contributed by atoms with Crippen LogP contribution in [0.2, 0.25) is 0 Å². The topological polar surface area (TPSA) is 80.8 Å². The minimum absolute atomic E-state index is 0.205. The first-order chi connectivity index (χ1) is 17.0. The number of para-hydroxylation sites is 1. The number of aryl methyl sites for hydroxylation is 1. The van der Waals surface area contributed by atoms with Crippen LogP contribution in [0.4, 0.5) is 4.39 Å². The van der Waals surface area contributed by atoms with Crippen LogP contribution in [-0.2, 0) is 0 Å². The molecule has 9 heteroatoms. The Labute approximate surface area is 206 Å². The summed E-state index contributed by atoms with van der Waals surface area (Å²) in [5, 5.41) is 3.64. The molecule has 2 aliphatic rings. The summed E-state index contributed by atoms with van der Waals surface area (Å²) in [6.45, 7) is 3.89. The normalized spacial score (nSPS) is 14.5. The van der Waals surface area contributed by atoms with E-state index in [-0.39, 0.29) is 24.2 Å². The van der Waals surface area contributed by atoms with Crippen molar-refractivity contribution in [2.75, 3.05) is 32.8 Å². The van der Waals surface area contributed by atoms with Crippen molar-refractivity contribution in [1.29, 1.82) is 0 Å². The third kappa shape index (κ3) is 5.30. The molecule has 35 heavy (non-hydrogen) atoms. The van der Waals surface area contributed by atoms with Crippen LogP contribution in [0.15, 0.2) is 42.5 Å². The number of rotatable bonds is 8. The van der Waals surface area contributed by atoms with Crippen LogP contribution in [0.1, 0.15) is 38.7 Å². The first kappa shape index (κ1) is 23.3. The molecule has 182 valence electrons. The zero-order valence-corrected chi connectivity index (χ0v) is 20.2. The number of amides is 2. The first-order valence-corrected chi connectivity index (χ1v) is 12.5. The molecule has 2 aromatic carbocycles. The highest BCUT2D eigenvalue weighted by molar-refractivity contribution is 7.15. The number of aromatic nitrogens is 1. The summed E-state index contributed by atoms with van der Waals surface area (Å²) in [4.78, 5) is 33.3. The molecule has 0 saturated heterocycles. The van der Waals surface area contributed by atoms with Gasteiger partial charge in [0.05, 0.1) is 15.4 Å². The lowest BCUT2D eigenvalue weighted by atomic mass is 10.1. The van der Waals surface area contributed by atoms with E-state index in [9.17, 15) is 14.0 Å². The molecule has 0 spiro atoms. The Bertz CT molecular complexity index is 1260. The van der Waals surface area contributed by atoms with Gasteiger partial charge in [0.2, 0.25) is 0 Å². The standard InChI is InChI=1S/C26H26FN3O4S/c1-16-29-22(24(35-16)18-4-2-5-19(27)14-18)26(32)30(15-17-8-9-17)11-10-28-25(31)20-6-3-7-21-23(20)34-13-12-33-21/h2-7,14,17H,8-13,15H2,1H3,(H,28,31). The molecular formula is C26H26FN3O4S. The number of hydrogen-bond donors (Lipinski definition) is 1. The van der Waals surface area contributed by atoms with Crippen molar-refractivity contribution in [3.63, 3.8) is 0 Å². The van der Waals surface area contributed by atoms with Crippen molar-refractivity contribution < 1.29 is 23.5 Å². The quantitative estimate of drug-likeness (QED) is 0.504. The van der Waals surface area contributed by atoms with Gasteiger partial charge in [0.1, 0.15) is 24.7 Å². The Kier molecular flexibility index (Phi) is 6.68. The number of fused-ring (bicyclic) bond motifs is 1. The van der Waals surface area contributed by atoms with Gasteiger partial charge in [-0.2, -0.15) is 0 Å². The maximum absolute atomic E-state index is 13.9. The molecule has 1 aliphatic carbocycles. The summed E-state index contributed by atoms with van der Waals surface area (Å²) < 4.78 is 25.1. The van der Waals surface area contributed by atoms with Gasteiger partial charge in [-0.1, -0.05) is 18.2 Å². The molecule has 1 N–H and O–H groups in total. The molecule has 2 amide bonds. The summed E-state index contributed by atoms with van der Waals surface area (Å²) in [7, 11) is 0. The number of nitrogens with one attached hydrogen (secondary N) is 1. The SMILES string of the molecule is Cc1nc(C(=O)N(CCNC(=O)c2cccc3c2OCCO3)CC2CC2)c(-c2cccc(F)c2)s1. The Morgan fingerprint density at radius 3 is 2.77 bits per heavy atom. The molecular weight excluding hydrogens is 469 g/mol. The van der Waals surface area contributed by atoms with E-state index in [2.05, 4.69) is 10.3 Å². The lowest BCUT2D eigenvalue weighted by Crippen LogP contribution is -2.40. The summed E-state index contributed by atoms with van der Waals surface area (Å²) in [6, 6.07) is 11.4. The Morgan fingerprint density at radius 1 is 1.17 bits per heavy atom. The molecule has 2 heterocycles. The summed E-state index contributed by atoms with van der Waals surface area (Å²) >= 11 is 1.37. The fourth-order valence-electron chi connectivity index (χ4n) is 4.09. The number of thiazole rings is 1. The van der Waals surface area contributed by atoms with Gasteiger partial charge in [0.15, 0.2) is 11.5 Å². The number of nitrogens with zero attached hydrogens (tertiary/aromatic N) is 2. The minimum atomic E-state index is -0.359. The van der Waals surface area contributed by atoms with Gasteiger partial charge < -0.3 is 19.7 Å². The van der Waals surface area contributed by atoms with E-state index in [4.69, 9.17) is 9.47 Å². The number of benzene rings is 2. The van der Waals surface area contributed by atoms with E-state index in [1.165, 1.54) is 23.5 Å². The third-order valence-electron chi connectivity index (χ3n) is 5.96. The molecule has 1 aromatic heterocycles. The highest BCUT2D eigenvalue weighted by atomic mass is 32.1. The Balaban J connectivity index is 1.30. The average molecular weight is 496 g/mol. The molecule has 0 atom stereocenters. The molecule has 7 nitrogen and oxygen atoms in total. The van der Waals surface area contributed by atoms with Gasteiger partial charge in [0.25, 0.3) is 11.8 Å². The largest absolute Gasteiger partial charge is 0.486 e. The fourth-order valence-corrected chi connectivity index (χ4v) is 4.99. The second-order valence-corrected chi connectivity index (χ2v) is 9.90. The van der Waals surface area contributed by atoms with Crippen molar-refractivity contribution >= 4 is 23.2 Å². The van der Waals surface area contributed by atoms with Gasteiger partial charge in [-0.15, -0.1) is 11.3 Å². The summed E-state index contributed by atoms with van der Waals surface area (Å²) in [6.07, 6.45) is 2.16. The molecule has 3 aromatic rings. The second kappa shape index (κ2) is 10.0. The number of halogens is 1. The summed E-state index contributed by atoms with van der Waals surface area (Å²) in [5.41, 5.74) is 1.37. The van der Waals surface area contributed by atoms with Crippen LogP contribution < -0.4 is 14.8 Å². The molecule has 0 bridgehead atoms. The maximum Gasteiger partial charge on any atom is 0.274 e. The van der Waals surface area contributed by atoms with Crippen molar-refractivity contribution in [2.45, 2.75) is 19.8 Å². The molecule has 0 unspecified atom stereocenters. The molecule has 1 aliphatic heterocycles. The zero-order chi connectivity index (χ0) is 24.4. The van der Waals surface area contributed by atoms with E-state index in [0.29, 0.717) is 65.4 Å². The van der Waals surface area contributed by atoms with Crippen molar-refractivity contribution in [3.8, 4) is 21.9 Å². The van der Waals surface area contributed by atoms with Gasteiger partial charge >= 0.3 is 0 Å². The summed E-state index contributed by atoms with van der Waals surface area (Å²) in [5.74, 6) is 0.610. The van der Waals surface area contributed by atoms with Crippen molar-refractivity contribution in [2.24, 2.45) is 5.92 Å². The second-order valence-electron chi connectivity index (χ2n) is 8.70. The van der Waals surface area contributed by atoms with Crippen LogP contribution in [0.3, 0.4) is 0 Å².